The van der Waals surface area contributed by atoms with Crippen molar-refractivity contribution in [1.82, 2.24) is 0 Å². The highest BCUT2D eigenvalue weighted by Gasteiger charge is 2.13. The molecule has 7 heteroatoms. The van der Waals surface area contributed by atoms with Crippen LogP contribution in [0.4, 0.5) is 20.2 Å². The molecule has 0 heterocycles. The quantitative estimate of drug-likeness (QED) is 0.653. The molecule has 0 unspecified atom stereocenters. The lowest BCUT2D eigenvalue weighted by atomic mass is 10.1. The highest BCUT2D eigenvalue weighted by molar-refractivity contribution is 6.31. The van der Waals surface area contributed by atoms with Crippen LogP contribution in [-0.4, -0.2) is 11.8 Å². The normalized spacial score (nSPS) is 10.3. The Kier molecular flexibility index (Phi) is 5.47. The molecule has 0 radical (unpaired) electrons. The largest absolute Gasteiger partial charge is 0.322 e. The molecule has 0 aliphatic heterocycles. The number of nitrogens with one attached hydrogen (secondary N) is 2. The minimum atomic E-state index is -0.596. The molecule has 0 fully saturated rings. The van der Waals surface area contributed by atoms with Gasteiger partial charge in [-0.05, 0) is 48.5 Å². The summed E-state index contributed by atoms with van der Waals surface area (Å²) in [5.74, 6) is -2.22. The van der Waals surface area contributed by atoms with Crippen molar-refractivity contribution in [2.24, 2.45) is 0 Å². The number of carbonyl (C=O) groups excluding carboxylic acids is 2. The van der Waals surface area contributed by atoms with Gasteiger partial charge in [0.1, 0.15) is 11.6 Å². The van der Waals surface area contributed by atoms with E-state index in [1.54, 1.807) is 6.07 Å². The number of benzene rings is 3. The second-order valence-corrected chi connectivity index (χ2v) is 6.00. The Morgan fingerprint density at radius 2 is 1.41 bits per heavy atom. The summed E-state index contributed by atoms with van der Waals surface area (Å²) < 4.78 is 26.9. The van der Waals surface area contributed by atoms with Gasteiger partial charge in [-0.25, -0.2) is 8.78 Å². The number of amides is 2. The van der Waals surface area contributed by atoms with E-state index in [-0.39, 0.29) is 21.8 Å². The smallest absolute Gasteiger partial charge is 0.255 e. The Morgan fingerprint density at radius 1 is 0.741 bits per heavy atom. The maximum absolute atomic E-state index is 13.7. The van der Waals surface area contributed by atoms with Crippen molar-refractivity contribution in [3.05, 3.63) is 94.5 Å². The maximum Gasteiger partial charge on any atom is 0.255 e. The van der Waals surface area contributed by atoms with E-state index in [0.717, 1.165) is 6.07 Å². The second kappa shape index (κ2) is 7.97. The molecule has 27 heavy (non-hydrogen) atoms. The van der Waals surface area contributed by atoms with Crippen molar-refractivity contribution in [2.45, 2.75) is 0 Å². The molecule has 0 spiro atoms. The lowest BCUT2D eigenvalue weighted by Crippen LogP contribution is -2.16. The molecule has 3 rings (SSSR count). The van der Waals surface area contributed by atoms with E-state index in [0.29, 0.717) is 5.69 Å². The van der Waals surface area contributed by atoms with Crippen molar-refractivity contribution in [3.8, 4) is 0 Å². The number of carbonyl (C=O) groups is 2. The summed E-state index contributed by atoms with van der Waals surface area (Å²) in [6.45, 7) is 0. The van der Waals surface area contributed by atoms with E-state index < -0.39 is 23.4 Å². The first kappa shape index (κ1) is 18.5. The van der Waals surface area contributed by atoms with Crippen LogP contribution in [0.15, 0.2) is 66.7 Å². The van der Waals surface area contributed by atoms with Crippen LogP contribution in [0.5, 0.6) is 0 Å². The molecule has 3 aromatic rings. The Labute approximate surface area is 158 Å². The molecule has 2 amide bonds. The third-order valence-corrected chi connectivity index (χ3v) is 3.98. The zero-order valence-electron chi connectivity index (χ0n) is 13.8. The average molecular weight is 387 g/mol. The van der Waals surface area contributed by atoms with E-state index >= 15 is 0 Å². The first-order valence-corrected chi connectivity index (χ1v) is 8.24. The SMILES string of the molecule is O=C(Nc1ccc(F)c(Cl)c1)c1cccc(C(=O)Nc2ccccc2F)c1. The first-order valence-electron chi connectivity index (χ1n) is 7.86. The zero-order chi connectivity index (χ0) is 19.4. The average Bonchev–Trinajstić information content (AvgIpc) is 2.66. The topological polar surface area (TPSA) is 58.2 Å². The molecule has 2 N–H and O–H groups in total. The summed E-state index contributed by atoms with van der Waals surface area (Å²) in [5.41, 5.74) is 0.741. The van der Waals surface area contributed by atoms with Crippen LogP contribution in [0.2, 0.25) is 5.02 Å². The Morgan fingerprint density at radius 3 is 2.07 bits per heavy atom. The number of anilines is 2. The van der Waals surface area contributed by atoms with E-state index in [1.807, 2.05) is 0 Å². The monoisotopic (exact) mass is 386 g/mol. The molecular formula is C20H13ClF2N2O2. The number of hydrogen-bond donors (Lipinski definition) is 2. The van der Waals surface area contributed by atoms with E-state index in [4.69, 9.17) is 11.6 Å². The van der Waals surface area contributed by atoms with Gasteiger partial charge in [-0.1, -0.05) is 29.8 Å². The molecule has 0 saturated carbocycles. The van der Waals surface area contributed by atoms with Crippen molar-refractivity contribution in [1.29, 1.82) is 0 Å². The molecule has 0 aromatic heterocycles. The number of rotatable bonds is 4. The molecule has 0 atom stereocenters. The lowest BCUT2D eigenvalue weighted by Gasteiger charge is -2.09. The summed E-state index contributed by atoms with van der Waals surface area (Å²) in [4.78, 5) is 24.7. The van der Waals surface area contributed by atoms with Crippen LogP contribution in [0.25, 0.3) is 0 Å². The van der Waals surface area contributed by atoms with Gasteiger partial charge < -0.3 is 10.6 Å². The summed E-state index contributed by atoms with van der Waals surface area (Å²) in [6.07, 6.45) is 0. The Hall–Kier alpha value is -3.25. The summed E-state index contributed by atoms with van der Waals surface area (Å²) >= 11 is 5.69. The van der Waals surface area contributed by atoms with Gasteiger partial charge >= 0.3 is 0 Å². The van der Waals surface area contributed by atoms with Gasteiger partial charge in [-0.3, -0.25) is 9.59 Å². The number of hydrogen-bond acceptors (Lipinski definition) is 2. The lowest BCUT2D eigenvalue weighted by molar-refractivity contribution is 0.102. The first-order chi connectivity index (χ1) is 12.9. The highest BCUT2D eigenvalue weighted by atomic mass is 35.5. The van der Waals surface area contributed by atoms with E-state index in [1.165, 1.54) is 54.6 Å². The van der Waals surface area contributed by atoms with Crippen LogP contribution in [0.3, 0.4) is 0 Å². The summed E-state index contributed by atoms with van der Waals surface area (Å²) in [6, 6.07) is 15.5. The van der Waals surface area contributed by atoms with Gasteiger partial charge in [0.25, 0.3) is 11.8 Å². The molecular weight excluding hydrogens is 374 g/mol. The van der Waals surface area contributed by atoms with Gasteiger partial charge in [-0.15, -0.1) is 0 Å². The highest BCUT2D eigenvalue weighted by Crippen LogP contribution is 2.20. The van der Waals surface area contributed by atoms with E-state index in [9.17, 15) is 18.4 Å². The minimum Gasteiger partial charge on any atom is -0.322 e. The van der Waals surface area contributed by atoms with Gasteiger partial charge in [0, 0.05) is 16.8 Å². The van der Waals surface area contributed by atoms with Gasteiger partial charge in [0.05, 0.1) is 10.7 Å². The molecule has 0 saturated heterocycles. The molecule has 4 nitrogen and oxygen atoms in total. The molecule has 3 aromatic carbocycles. The molecule has 0 aliphatic carbocycles. The van der Waals surface area contributed by atoms with Crippen molar-refractivity contribution < 1.29 is 18.4 Å². The van der Waals surface area contributed by atoms with Crippen molar-refractivity contribution >= 4 is 34.8 Å². The molecule has 136 valence electrons. The third kappa shape index (κ3) is 4.48. The number of para-hydroxylation sites is 1. The van der Waals surface area contributed by atoms with Gasteiger partial charge in [0.2, 0.25) is 0 Å². The van der Waals surface area contributed by atoms with E-state index in [2.05, 4.69) is 10.6 Å². The van der Waals surface area contributed by atoms with Crippen LogP contribution in [0.1, 0.15) is 20.7 Å². The fraction of sp³-hybridized carbons (Fsp3) is 0. The van der Waals surface area contributed by atoms with Crippen molar-refractivity contribution in [2.75, 3.05) is 10.6 Å². The predicted octanol–water partition coefficient (Wildman–Crippen LogP) is 5.12. The Bertz CT molecular complexity index is 1020. The van der Waals surface area contributed by atoms with Crippen LogP contribution in [0, 0.1) is 11.6 Å². The Balaban J connectivity index is 1.76. The fourth-order valence-electron chi connectivity index (χ4n) is 2.34. The third-order valence-electron chi connectivity index (χ3n) is 3.69. The van der Waals surface area contributed by atoms with Gasteiger partial charge in [-0.2, -0.15) is 0 Å². The molecule has 0 bridgehead atoms. The number of halogens is 3. The van der Waals surface area contributed by atoms with Crippen LogP contribution < -0.4 is 10.6 Å². The second-order valence-electron chi connectivity index (χ2n) is 5.60. The zero-order valence-corrected chi connectivity index (χ0v) is 14.6. The summed E-state index contributed by atoms with van der Waals surface area (Å²) in [7, 11) is 0. The standard InChI is InChI=1S/C20H13ClF2N2O2/c21-15-11-14(8-9-16(15)22)24-19(26)12-4-3-5-13(10-12)20(27)25-18-7-2-1-6-17(18)23/h1-11H,(H,24,26)(H,25,27). The van der Waals surface area contributed by atoms with Crippen molar-refractivity contribution in [3.63, 3.8) is 0 Å². The van der Waals surface area contributed by atoms with Crippen LogP contribution in [-0.2, 0) is 0 Å². The molecule has 0 aliphatic rings. The maximum atomic E-state index is 13.7. The van der Waals surface area contributed by atoms with Gasteiger partial charge in [0.15, 0.2) is 0 Å². The summed E-state index contributed by atoms with van der Waals surface area (Å²) in [5, 5.41) is 4.90. The predicted molar refractivity (Wildman–Crippen MR) is 100 cm³/mol. The fourth-order valence-corrected chi connectivity index (χ4v) is 2.52. The van der Waals surface area contributed by atoms with Crippen LogP contribution >= 0.6 is 11.6 Å². The minimum absolute atomic E-state index is 0.0401.